The van der Waals surface area contributed by atoms with E-state index in [0.717, 1.165) is 44.3 Å². The van der Waals surface area contributed by atoms with E-state index in [0.29, 0.717) is 11.6 Å². The Morgan fingerprint density at radius 1 is 1.19 bits per heavy atom. The largest absolute Gasteiger partial charge is 0.495 e. The predicted octanol–water partition coefficient (Wildman–Crippen LogP) is 3.36. The molecule has 7 nitrogen and oxygen atoms in total. The normalized spacial score (nSPS) is 17.8. The monoisotopic (exact) mass is 477 g/mol. The molecule has 1 saturated heterocycles. The average molecular weight is 478 g/mol. The number of nitrogens with one attached hydrogen (secondary N) is 2. The van der Waals surface area contributed by atoms with Crippen molar-refractivity contribution in [2.75, 3.05) is 26.7 Å². The summed E-state index contributed by atoms with van der Waals surface area (Å²) >= 11 is 6.20. The number of rotatable bonds is 9. The average Bonchev–Trinajstić information content (AvgIpc) is 3.41. The van der Waals surface area contributed by atoms with Gasteiger partial charge in [-0.05, 0) is 74.7 Å². The van der Waals surface area contributed by atoms with Gasteiger partial charge >= 0.3 is 0 Å². The van der Waals surface area contributed by atoms with Crippen LogP contribution in [0.2, 0.25) is 5.02 Å². The molecule has 2 aromatic rings. The topological polar surface area (TPSA) is 87.7 Å². The van der Waals surface area contributed by atoms with Crippen molar-refractivity contribution in [3.63, 3.8) is 0 Å². The summed E-state index contributed by atoms with van der Waals surface area (Å²) < 4.78 is 33.4. The second kappa shape index (κ2) is 9.79. The summed E-state index contributed by atoms with van der Waals surface area (Å²) in [7, 11) is -2.35. The number of methoxy groups -OCH3 is 1. The number of hydrogen-bond acceptors (Lipinski definition) is 5. The van der Waals surface area contributed by atoms with Crippen molar-refractivity contribution in [3.05, 3.63) is 58.6 Å². The number of likely N-dealkylation sites (tertiary alicyclic amines) is 1. The van der Waals surface area contributed by atoms with E-state index in [-0.39, 0.29) is 34.2 Å². The molecular formula is C23H28ClN3O4S. The molecule has 0 bridgehead atoms. The van der Waals surface area contributed by atoms with Crippen molar-refractivity contribution in [1.82, 2.24) is 14.9 Å². The van der Waals surface area contributed by atoms with E-state index in [4.69, 9.17) is 16.3 Å². The Hall–Kier alpha value is -2.13. The zero-order valence-corrected chi connectivity index (χ0v) is 19.6. The Balaban J connectivity index is 1.52. The van der Waals surface area contributed by atoms with Gasteiger partial charge in [0.2, 0.25) is 10.0 Å². The highest BCUT2D eigenvalue weighted by Gasteiger charge is 2.30. The van der Waals surface area contributed by atoms with Gasteiger partial charge in [0.05, 0.1) is 13.2 Å². The molecule has 0 aromatic heterocycles. The zero-order valence-electron chi connectivity index (χ0n) is 18.0. The maximum atomic E-state index is 13.0. The number of halogens is 1. The van der Waals surface area contributed by atoms with Crippen LogP contribution >= 0.6 is 11.6 Å². The van der Waals surface area contributed by atoms with Gasteiger partial charge in [0.25, 0.3) is 5.91 Å². The van der Waals surface area contributed by atoms with Crippen molar-refractivity contribution in [2.24, 2.45) is 0 Å². The zero-order chi connectivity index (χ0) is 22.7. The van der Waals surface area contributed by atoms with Gasteiger partial charge in [-0.15, -0.1) is 0 Å². The Bertz CT molecular complexity index is 1080. The van der Waals surface area contributed by atoms with Crippen LogP contribution < -0.4 is 14.8 Å². The fraction of sp³-hybridized carbons (Fsp3) is 0.435. The van der Waals surface area contributed by atoms with Crippen LogP contribution in [0.25, 0.3) is 0 Å². The highest BCUT2D eigenvalue weighted by Crippen LogP contribution is 2.29. The van der Waals surface area contributed by atoms with Gasteiger partial charge in [-0.2, -0.15) is 0 Å². The summed E-state index contributed by atoms with van der Waals surface area (Å²) in [6, 6.07) is 12.1. The molecule has 1 amide bonds. The summed E-state index contributed by atoms with van der Waals surface area (Å²) in [5, 5.41) is 3.64. The van der Waals surface area contributed by atoms with Crippen molar-refractivity contribution in [3.8, 4) is 5.75 Å². The highest BCUT2D eigenvalue weighted by molar-refractivity contribution is 7.89. The first kappa shape index (κ1) is 23.0. The summed E-state index contributed by atoms with van der Waals surface area (Å²) in [6.45, 7) is 2.32. The lowest BCUT2D eigenvalue weighted by Gasteiger charge is -2.28. The molecule has 1 atom stereocenters. The molecule has 2 aliphatic rings. The van der Waals surface area contributed by atoms with E-state index in [1.165, 1.54) is 19.2 Å². The molecule has 1 unspecified atom stereocenters. The predicted molar refractivity (Wildman–Crippen MR) is 124 cm³/mol. The molecule has 1 aliphatic carbocycles. The van der Waals surface area contributed by atoms with Crippen molar-refractivity contribution in [1.29, 1.82) is 0 Å². The summed E-state index contributed by atoms with van der Waals surface area (Å²) in [5.41, 5.74) is 1.32. The van der Waals surface area contributed by atoms with Gasteiger partial charge < -0.3 is 10.1 Å². The second-order valence-corrected chi connectivity index (χ2v) is 10.4. The van der Waals surface area contributed by atoms with Crippen LogP contribution in [0.5, 0.6) is 5.75 Å². The third-order valence-corrected chi connectivity index (χ3v) is 7.66. The van der Waals surface area contributed by atoms with Crippen molar-refractivity contribution in [2.45, 2.75) is 42.7 Å². The second-order valence-electron chi connectivity index (χ2n) is 8.29. The lowest BCUT2D eigenvalue weighted by atomic mass is 10.1. The Morgan fingerprint density at radius 2 is 1.94 bits per heavy atom. The molecule has 2 fully saturated rings. The van der Waals surface area contributed by atoms with Crippen LogP contribution in [0, 0.1) is 0 Å². The molecule has 2 N–H and O–H groups in total. The van der Waals surface area contributed by atoms with Crippen LogP contribution in [-0.2, 0) is 10.0 Å². The van der Waals surface area contributed by atoms with Gasteiger partial charge in [-0.1, -0.05) is 23.7 Å². The summed E-state index contributed by atoms with van der Waals surface area (Å²) in [5.74, 6) is -0.120. The number of amides is 1. The molecule has 172 valence electrons. The number of nitrogens with zero attached hydrogens (tertiary/aromatic N) is 1. The number of benzene rings is 2. The lowest BCUT2D eigenvalue weighted by molar-refractivity contribution is 0.0937. The minimum Gasteiger partial charge on any atom is -0.495 e. The van der Waals surface area contributed by atoms with Gasteiger partial charge in [0, 0.05) is 23.2 Å². The van der Waals surface area contributed by atoms with Crippen LogP contribution in [0.4, 0.5) is 0 Å². The van der Waals surface area contributed by atoms with Gasteiger partial charge in [0.1, 0.15) is 10.6 Å². The number of hydrogen-bond donors (Lipinski definition) is 2. The first-order valence-corrected chi connectivity index (χ1v) is 12.7. The highest BCUT2D eigenvalue weighted by atomic mass is 35.5. The molecule has 9 heteroatoms. The van der Waals surface area contributed by atoms with Gasteiger partial charge in [-0.25, -0.2) is 13.1 Å². The van der Waals surface area contributed by atoms with Crippen molar-refractivity contribution < 1.29 is 17.9 Å². The first-order valence-electron chi connectivity index (χ1n) is 10.9. The van der Waals surface area contributed by atoms with Crippen LogP contribution in [0.15, 0.2) is 47.4 Å². The van der Waals surface area contributed by atoms with E-state index < -0.39 is 10.0 Å². The van der Waals surface area contributed by atoms with E-state index in [1.54, 1.807) is 6.07 Å². The molecule has 1 heterocycles. The lowest BCUT2D eigenvalue weighted by Crippen LogP contribution is -2.37. The quantitative estimate of drug-likeness (QED) is 0.578. The molecule has 4 rings (SSSR count). The van der Waals surface area contributed by atoms with Crippen LogP contribution in [-0.4, -0.2) is 52.0 Å². The molecule has 1 aliphatic heterocycles. The standard InChI is InChI=1S/C23H28ClN3O4S/c1-31-21-10-7-17(14-22(21)32(29,30)26-19-8-9-19)23(28)25-15-20(27-11-2-3-12-27)16-5-4-6-18(24)13-16/h4-7,10,13-14,19-20,26H,2-3,8-9,11-12,15H2,1H3,(H,25,28). The number of ether oxygens (including phenoxy) is 1. The maximum Gasteiger partial charge on any atom is 0.251 e. The molecule has 1 saturated carbocycles. The van der Waals surface area contributed by atoms with E-state index in [1.807, 2.05) is 24.3 Å². The summed E-state index contributed by atoms with van der Waals surface area (Å²) in [4.78, 5) is 15.3. The third-order valence-electron chi connectivity index (χ3n) is 5.89. The number of carbonyl (C=O) groups excluding carboxylic acids is 1. The molecule has 2 aromatic carbocycles. The Labute approximate surface area is 194 Å². The van der Waals surface area contributed by atoms with E-state index in [9.17, 15) is 13.2 Å². The Morgan fingerprint density at radius 3 is 2.59 bits per heavy atom. The first-order chi connectivity index (χ1) is 15.4. The van der Waals surface area contributed by atoms with E-state index >= 15 is 0 Å². The smallest absolute Gasteiger partial charge is 0.251 e. The minimum absolute atomic E-state index is 0.00173. The molecular weight excluding hydrogens is 450 g/mol. The fourth-order valence-electron chi connectivity index (χ4n) is 4.03. The van der Waals surface area contributed by atoms with Crippen molar-refractivity contribution >= 4 is 27.5 Å². The third kappa shape index (κ3) is 5.43. The van der Waals surface area contributed by atoms with Crippen LogP contribution in [0.1, 0.15) is 47.6 Å². The molecule has 0 spiro atoms. The molecule has 0 radical (unpaired) electrons. The SMILES string of the molecule is COc1ccc(C(=O)NCC(c2cccc(Cl)c2)N2CCCC2)cc1S(=O)(=O)NC1CC1. The number of carbonyl (C=O) groups is 1. The fourth-order valence-corrected chi connectivity index (χ4v) is 5.73. The maximum absolute atomic E-state index is 13.0. The summed E-state index contributed by atoms with van der Waals surface area (Å²) in [6.07, 6.45) is 3.89. The minimum atomic E-state index is -3.77. The number of sulfonamides is 1. The van der Waals surface area contributed by atoms with E-state index in [2.05, 4.69) is 14.9 Å². The van der Waals surface area contributed by atoms with Gasteiger partial charge in [-0.3, -0.25) is 9.69 Å². The Kier molecular flexibility index (Phi) is 7.05. The van der Waals surface area contributed by atoms with Gasteiger partial charge in [0.15, 0.2) is 0 Å². The molecule has 32 heavy (non-hydrogen) atoms. The van der Waals surface area contributed by atoms with Crippen LogP contribution in [0.3, 0.4) is 0 Å².